The number of fused-ring (bicyclic) bond motifs is 11. The highest BCUT2D eigenvalue weighted by Crippen LogP contribution is 2.60. The molecular weight excluding hydrogens is 639 g/mol. The highest BCUT2D eigenvalue weighted by Gasteiger charge is 2.55. The quantitative estimate of drug-likeness (QED) is 0.0830. The minimum Gasteiger partial charge on any atom is -0.508 e. The Bertz CT molecular complexity index is 2080. The number of aromatic hydroxyl groups is 3. The Morgan fingerprint density at radius 3 is 2.31 bits per heavy atom. The van der Waals surface area contributed by atoms with Gasteiger partial charge in [-0.15, -0.1) is 0 Å². The van der Waals surface area contributed by atoms with E-state index in [4.69, 9.17) is 26.8 Å². The van der Waals surface area contributed by atoms with Crippen molar-refractivity contribution >= 4 is 34.7 Å². The number of ether oxygens (including phenoxy) is 2. The molecule has 0 aromatic heterocycles. The van der Waals surface area contributed by atoms with Gasteiger partial charge in [-0.05, 0) is 128 Å². The van der Waals surface area contributed by atoms with Gasteiger partial charge in [-0.25, -0.2) is 4.79 Å². The molecule has 4 atom stereocenters. The number of carbonyl (C=O) groups excluding carboxylic acids is 1. The summed E-state index contributed by atoms with van der Waals surface area (Å²) in [5.74, 6) is 2.20. The predicted octanol–water partition coefficient (Wildman–Crippen LogP) is 7.57. The number of phenolic OH excluding ortho intramolecular Hbond substituents is 3. The van der Waals surface area contributed by atoms with Gasteiger partial charge in [-0.3, -0.25) is 5.43 Å². The molecule has 9 rings (SSSR count). The van der Waals surface area contributed by atoms with Gasteiger partial charge in [0.05, 0.1) is 5.56 Å². The van der Waals surface area contributed by atoms with Gasteiger partial charge in [0, 0.05) is 45.6 Å². The maximum atomic E-state index is 13.5. The van der Waals surface area contributed by atoms with Crippen molar-refractivity contribution in [3.8, 4) is 28.7 Å². The van der Waals surface area contributed by atoms with Crippen LogP contribution in [0.15, 0.2) is 77.9 Å². The SMILES string of the molecule is C[C@]12CC[C@@H]3c4ccc(O)cc4CC[C@H]3[C@@H]1CC/C2=N\NC(=S)Nc1ccc2c(c1)C(=O)OC21c2ccc(O)cc2Oc2cc(O)ccc21. The molecule has 0 unspecified atom stereocenters. The number of nitrogens with zero attached hydrogens (tertiary/aromatic N) is 1. The molecule has 2 fully saturated rings. The standard InChI is InChI=1S/C39H35N3O6S/c1-38-15-14-26-25-8-4-22(43)16-20(25)2-7-27(26)29(38)12-13-35(38)41-42-37(49)40-21-3-9-30-28(17-21)36(46)48-39(30)31-10-5-23(44)18-33(31)47-34-19-24(45)6-11-32(34)39/h3-6,8-11,16-19,26-27,29,43-45H,2,7,12-15H2,1H3,(H2,40,42,49)/b41-35+/t26-,27-,29+,38+/m1/s1. The normalized spacial score (nSPS) is 25.9. The number of phenols is 3. The van der Waals surface area contributed by atoms with Crippen LogP contribution >= 0.6 is 12.2 Å². The van der Waals surface area contributed by atoms with Crippen LogP contribution in [0, 0.1) is 17.3 Å². The first-order valence-electron chi connectivity index (χ1n) is 16.8. The third-order valence-electron chi connectivity index (χ3n) is 11.8. The van der Waals surface area contributed by atoms with Gasteiger partial charge < -0.3 is 30.1 Å². The van der Waals surface area contributed by atoms with Crippen molar-refractivity contribution < 1.29 is 29.6 Å². The molecule has 2 aliphatic heterocycles. The molecule has 5 N–H and O–H groups in total. The third-order valence-corrected chi connectivity index (χ3v) is 12.0. The van der Waals surface area contributed by atoms with Gasteiger partial charge in [0.15, 0.2) is 10.7 Å². The summed E-state index contributed by atoms with van der Waals surface area (Å²) in [6.45, 7) is 2.36. The summed E-state index contributed by atoms with van der Waals surface area (Å²) in [7, 11) is 0. The van der Waals surface area contributed by atoms with Crippen molar-refractivity contribution in [2.75, 3.05) is 5.32 Å². The molecule has 248 valence electrons. The van der Waals surface area contributed by atoms with Crippen LogP contribution in [-0.2, 0) is 16.8 Å². The average Bonchev–Trinajstić information content (AvgIpc) is 3.56. The van der Waals surface area contributed by atoms with E-state index in [0.29, 0.717) is 68.1 Å². The largest absolute Gasteiger partial charge is 0.508 e. The molecular formula is C39H35N3O6S. The lowest BCUT2D eigenvalue weighted by Crippen LogP contribution is -2.43. The van der Waals surface area contributed by atoms with E-state index >= 15 is 0 Å². The second kappa shape index (κ2) is 10.7. The van der Waals surface area contributed by atoms with E-state index in [1.165, 1.54) is 35.4 Å². The van der Waals surface area contributed by atoms with Crippen LogP contribution in [0.25, 0.3) is 0 Å². The Kier molecular flexibility index (Phi) is 6.55. The lowest BCUT2D eigenvalue weighted by Gasteiger charge is -2.49. The van der Waals surface area contributed by atoms with E-state index in [1.807, 2.05) is 24.3 Å². The molecule has 0 saturated heterocycles. The lowest BCUT2D eigenvalue weighted by atomic mass is 9.55. The van der Waals surface area contributed by atoms with Crippen molar-refractivity contribution in [2.45, 2.75) is 57.0 Å². The number of esters is 1. The Hall–Kier alpha value is -5.09. The first kappa shape index (κ1) is 30.0. The number of rotatable bonds is 2. The number of hydrazone groups is 1. The Morgan fingerprint density at radius 2 is 1.55 bits per heavy atom. The number of benzene rings is 4. The first-order chi connectivity index (χ1) is 23.6. The number of anilines is 1. The second-order valence-corrected chi connectivity index (χ2v) is 14.6. The summed E-state index contributed by atoms with van der Waals surface area (Å²) >= 11 is 5.68. The van der Waals surface area contributed by atoms with E-state index in [1.54, 1.807) is 18.2 Å². The zero-order chi connectivity index (χ0) is 33.7. The maximum Gasteiger partial charge on any atom is 0.340 e. The zero-order valence-corrected chi connectivity index (χ0v) is 27.6. The fraction of sp³-hybridized carbons (Fsp3) is 0.308. The van der Waals surface area contributed by atoms with Crippen LogP contribution in [0.1, 0.15) is 83.1 Å². The van der Waals surface area contributed by atoms with E-state index in [9.17, 15) is 20.1 Å². The Labute approximate surface area is 288 Å². The van der Waals surface area contributed by atoms with E-state index in [-0.39, 0.29) is 16.9 Å². The molecule has 5 aliphatic rings. The van der Waals surface area contributed by atoms with Gasteiger partial charge in [0.25, 0.3) is 0 Å². The molecule has 10 heteroatoms. The van der Waals surface area contributed by atoms with Crippen LogP contribution in [0.4, 0.5) is 5.69 Å². The van der Waals surface area contributed by atoms with Crippen LogP contribution in [0.2, 0.25) is 0 Å². The average molecular weight is 674 g/mol. The fourth-order valence-corrected chi connectivity index (χ4v) is 9.77. The van der Waals surface area contributed by atoms with E-state index in [0.717, 1.165) is 44.2 Å². The summed E-state index contributed by atoms with van der Waals surface area (Å²) in [4.78, 5) is 13.5. The van der Waals surface area contributed by atoms with Crippen LogP contribution in [0.5, 0.6) is 28.7 Å². The minimum absolute atomic E-state index is 0.00245. The molecule has 4 aromatic carbocycles. The summed E-state index contributed by atoms with van der Waals surface area (Å²) in [5.41, 5.74) is 8.38. The molecule has 0 radical (unpaired) electrons. The maximum absolute atomic E-state index is 13.5. The topological polar surface area (TPSA) is 133 Å². The van der Waals surface area contributed by atoms with Crippen molar-refractivity contribution in [1.82, 2.24) is 5.43 Å². The molecule has 2 heterocycles. The molecule has 0 amide bonds. The van der Waals surface area contributed by atoms with Crippen molar-refractivity contribution in [3.05, 3.63) is 106 Å². The van der Waals surface area contributed by atoms with Crippen LogP contribution in [0.3, 0.4) is 0 Å². The molecule has 1 spiro atoms. The van der Waals surface area contributed by atoms with Gasteiger partial charge in [0.2, 0.25) is 0 Å². The minimum atomic E-state index is -1.32. The van der Waals surface area contributed by atoms with Gasteiger partial charge in [0.1, 0.15) is 28.7 Å². The number of nitrogens with one attached hydrogen (secondary N) is 2. The smallest absolute Gasteiger partial charge is 0.340 e. The fourth-order valence-electron chi connectivity index (χ4n) is 9.60. The molecule has 3 aliphatic carbocycles. The highest BCUT2D eigenvalue weighted by atomic mass is 32.1. The summed E-state index contributed by atoms with van der Waals surface area (Å²) in [6.07, 6.45) is 6.34. The van der Waals surface area contributed by atoms with Crippen LogP contribution < -0.4 is 15.5 Å². The molecule has 49 heavy (non-hydrogen) atoms. The lowest BCUT2D eigenvalue weighted by molar-refractivity contribution is 0.0224. The first-order valence-corrected chi connectivity index (χ1v) is 17.2. The van der Waals surface area contributed by atoms with Crippen molar-refractivity contribution in [2.24, 2.45) is 22.4 Å². The number of aryl methyl sites for hydroxylation is 1. The molecule has 9 nitrogen and oxygen atoms in total. The van der Waals surface area contributed by atoms with Gasteiger partial charge >= 0.3 is 5.97 Å². The second-order valence-electron chi connectivity index (χ2n) is 14.2. The predicted molar refractivity (Wildman–Crippen MR) is 188 cm³/mol. The van der Waals surface area contributed by atoms with Crippen LogP contribution in [-0.4, -0.2) is 32.1 Å². The third kappa shape index (κ3) is 4.46. The number of carbonyl (C=O) groups is 1. The Morgan fingerprint density at radius 1 is 0.857 bits per heavy atom. The monoisotopic (exact) mass is 673 g/mol. The zero-order valence-electron chi connectivity index (χ0n) is 26.8. The van der Waals surface area contributed by atoms with Gasteiger partial charge in [-0.2, -0.15) is 5.10 Å². The van der Waals surface area contributed by atoms with E-state index in [2.05, 4.69) is 23.7 Å². The molecule has 2 saturated carbocycles. The van der Waals surface area contributed by atoms with Crippen molar-refractivity contribution in [3.63, 3.8) is 0 Å². The highest BCUT2D eigenvalue weighted by molar-refractivity contribution is 7.80. The number of hydrogen-bond acceptors (Lipinski definition) is 8. The van der Waals surface area contributed by atoms with Gasteiger partial charge in [-0.1, -0.05) is 19.1 Å². The van der Waals surface area contributed by atoms with E-state index < -0.39 is 11.6 Å². The Balaban J connectivity index is 0.953. The number of thiocarbonyl (C=S) groups is 1. The summed E-state index contributed by atoms with van der Waals surface area (Å²) in [6, 6.07) is 20.7. The molecule has 0 bridgehead atoms. The summed E-state index contributed by atoms with van der Waals surface area (Å²) < 4.78 is 12.2. The van der Waals surface area contributed by atoms with Crippen molar-refractivity contribution in [1.29, 1.82) is 0 Å². The molecule has 4 aromatic rings. The number of hydrogen-bond donors (Lipinski definition) is 5. The summed E-state index contributed by atoms with van der Waals surface area (Å²) in [5, 5.41) is 38.8.